The van der Waals surface area contributed by atoms with E-state index in [2.05, 4.69) is 70.3 Å². The fourth-order valence-electron chi connectivity index (χ4n) is 3.54. The second kappa shape index (κ2) is 16.8. The molecule has 2 rings (SSSR count). The number of carbonyl (C=O) groups excluding carboxylic acids is 1. The van der Waals surface area contributed by atoms with Crippen molar-refractivity contribution in [3.63, 3.8) is 0 Å². The lowest BCUT2D eigenvalue weighted by Gasteiger charge is -2.26. The molecule has 0 radical (unpaired) electrons. The Morgan fingerprint density at radius 2 is 1.36 bits per heavy atom. The van der Waals surface area contributed by atoms with Gasteiger partial charge in [-0.1, -0.05) is 121 Å². The Balaban J connectivity index is 0.000000337. The SMILES string of the molecule is C=CC(=O)OCCCCCCCCCC.C=COc1ccc(C(C)(C)c2ccccc2)cc1. The summed E-state index contributed by atoms with van der Waals surface area (Å²) in [4.78, 5) is 10.7. The van der Waals surface area contributed by atoms with Gasteiger partial charge in [0.2, 0.25) is 0 Å². The van der Waals surface area contributed by atoms with Crippen LogP contribution in [0.4, 0.5) is 0 Å². The van der Waals surface area contributed by atoms with Gasteiger partial charge in [0.1, 0.15) is 5.75 Å². The number of ether oxygens (including phenoxy) is 2. The number of hydrogen-bond acceptors (Lipinski definition) is 3. The van der Waals surface area contributed by atoms with Gasteiger partial charge in [0.25, 0.3) is 0 Å². The van der Waals surface area contributed by atoms with Crippen LogP contribution in [0.1, 0.15) is 83.3 Å². The normalized spacial score (nSPS) is 10.5. The molecular formula is C30H42O3. The maximum Gasteiger partial charge on any atom is 0.330 e. The highest BCUT2D eigenvalue weighted by Crippen LogP contribution is 2.32. The Morgan fingerprint density at radius 1 is 0.818 bits per heavy atom. The van der Waals surface area contributed by atoms with E-state index in [-0.39, 0.29) is 11.4 Å². The summed E-state index contributed by atoms with van der Waals surface area (Å²) in [5, 5.41) is 0. The fraction of sp³-hybridized carbons (Fsp3) is 0.433. The van der Waals surface area contributed by atoms with E-state index in [1.807, 2.05) is 18.2 Å². The maximum absolute atomic E-state index is 10.7. The van der Waals surface area contributed by atoms with Crippen LogP contribution in [-0.4, -0.2) is 12.6 Å². The van der Waals surface area contributed by atoms with Gasteiger partial charge in [0.05, 0.1) is 12.9 Å². The van der Waals surface area contributed by atoms with Crippen LogP contribution in [-0.2, 0) is 14.9 Å². The monoisotopic (exact) mass is 450 g/mol. The van der Waals surface area contributed by atoms with Gasteiger partial charge >= 0.3 is 5.97 Å². The molecule has 0 aliphatic rings. The van der Waals surface area contributed by atoms with Crippen molar-refractivity contribution in [3.05, 3.63) is 91.2 Å². The van der Waals surface area contributed by atoms with Gasteiger partial charge in [0, 0.05) is 11.5 Å². The number of hydrogen-bond donors (Lipinski definition) is 0. The fourth-order valence-corrected chi connectivity index (χ4v) is 3.54. The van der Waals surface area contributed by atoms with Gasteiger partial charge in [-0.25, -0.2) is 4.79 Å². The molecule has 2 aromatic carbocycles. The zero-order valence-electron chi connectivity index (χ0n) is 20.9. The smallest absolute Gasteiger partial charge is 0.330 e. The molecule has 0 N–H and O–H groups in total. The third-order valence-electron chi connectivity index (χ3n) is 5.70. The second-order valence-electron chi connectivity index (χ2n) is 8.65. The molecule has 180 valence electrons. The van der Waals surface area contributed by atoms with Gasteiger partial charge in [-0.3, -0.25) is 0 Å². The van der Waals surface area contributed by atoms with E-state index in [4.69, 9.17) is 9.47 Å². The maximum atomic E-state index is 10.7. The van der Waals surface area contributed by atoms with Crippen molar-refractivity contribution < 1.29 is 14.3 Å². The third kappa shape index (κ3) is 11.6. The van der Waals surface area contributed by atoms with Crippen LogP contribution in [0.2, 0.25) is 0 Å². The van der Waals surface area contributed by atoms with Crippen molar-refractivity contribution in [1.82, 2.24) is 0 Å². The molecular weight excluding hydrogens is 408 g/mol. The van der Waals surface area contributed by atoms with Crippen molar-refractivity contribution in [2.45, 2.75) is 77.6 Å². The Hall–Kier alpha value is -2.81. The summed E-state index contributed by atoms with van der Waals surface area (Å²) in [6, 6.07) is 18.7. The quantitative estimate of drug-likeness (QED) is 0.125. The summed E-state index contributed by atoms with van der Waals surface area (Å²) in [6.07, 6.45) is 12.7. The average Bonchev–Trinajstić information content (AvgIpc) is 2.84. The summed E-state index contributed by atoms with van der Waals surface area (Å²) >= 11 is 0. The van der Waals surface area contributed by atoms with Crippen LogP contribution in [0.3, 0.4) is 0 Å². The molecule has 0 atom stereocenters. The summed E-state index contributed by atoms with van der Waals surface area (Å²) < 4.78 is 10.1. The molecule has 0 aromatic heterocycles. The van der Waals surface area contributed by atoms with Gasteiger partial charge in [-0.15, -0.1) is 0 Å². The molecule has 0 fully saturated rings. The molecule has 3 heteroatoms. The predicted molar refractivity (Wildman–Crippen MR) is 140 cm³/mol. The van der Waals surface area contributed by atoms with Crippen molar-refractivity contribution in [2.24, 2.45) is 0 Å². The first kappa shape index (κ1) is 28.2. The van der Waals surface area contributed by atoms with Crippen LogP contribution < -0.4 is 4.74 Å². The van der Waals surface area contributed by atoms with Gasteiger partial charge < -0.3 is 9.47 Å². The van der Waals surface area contributed by atoms with Crippen LogP contribution in [0.25, 0.3) is 0 Å². The lowest BCUT2D eigenvalue weighted by atomic mass is 9.78. The largest absolute Gasteiger partial charge is 0.466 e. The minimum atomic E-state index is -0.307. The number of benzene rings is 2. The lowest BCUT2D eigenvalue weighted by Crippen LogP contribution is -2.18. The van der Waals surface area contributed by atoms with E-state index < -0.39 is 0 Å². The molecule has 3 nitrogen and oxygen atoms in total. The Kier molecular flexibility index (Phi) is 14.3. The van der Waals surface area contributed by atoms with E-state index in [1.54, 1.807) is 0 Å². The molecule has 2 aromatic rings. The van der Waals surface area contributed by atoms with Gasteiger partial charge in [0.15, 0.2) is 0 Å². The highest BCUT2D eigenvalue weighted by Gasteiger charge is 2.22. The molecule has 0 aliphatic carbocycles. The van der Waals surface area contributed by atoms with Crippen LogP contribution in [0, 0.1) is 0 Å². The number of carbonyl (C=O) groups is 1. The van der Waals surface area contributed by atoms with E-state index in [0.717, 1.165) is 18.6 Å². The lowest BCUT2D eigenvalue weighted by molar-refractivity contribution is -0.137. The summed E-state index contributed by atoms with van der Waals surface area (Å²) in [5.41, 5.74) is 2.57. The first-order valence-corrected chi connectivity index (χ1v) is 12.2. The molecule has 0 saturated heterocycles. The third-order valence-corrected chi connectivity index (χ3v) is 5.70. The summed E-state index contributed by atoms with van der Waals surface area (Å²) in [5.74, 6) is 0.510. The standard InChI is InChI=1S/C17H18O.C13H24O2/c1-4-18-16-12-10-15(11-13-16)17(2,3)14-8-6-5-7-9-14;1-3-5-6-7-8-9-10-11-12-15-13(14)4-2/h4-13H,1H2,2-3H3;4H,2-3,5-12H2,1H3. The van der Waals surface area contributed by atoms with Crippen molar-refractivity contribution in [3.8, 4) is 5.75 Å². The molecule has 0 heterocycles. The summed E-state index contributed by atoms with van der Waals surface area (Å²) in [7, 11) is 0. The molecule has 33 heavy (non-hydrogen) atoms. The zero-order valence-corrected chi connectivity index (χ0v) is 20.9. The Bertz CT molecular complexity index is 791. The molecule has 0 saturated carbocycles. The first-order chi connectivity index (χ1) is 16.0. The minimum Gasteiger partial charge on any atom is -0.466 e. The first-order valence-electron chi connectivity index (χ1n) is 12.2. The van der Waals surface area contributed by atoms with E-state index in [1.165, 1.54) is 62.0 Å². The number of unbranched alkanes of at least 4 members (excludes halogenated alkanes) is 7. The number of rotatable bonds is 14. The highest BCUT2D eigenvalue weighted by atomic mass is 16.5. The Morgan fingerprint density at radius 3 is 1.91 bits per heavy atom. The van der Waals surface area contributed by atoms with E-state index in [0.29, 0.717) is 6.61 Å². The van der Waals surface area contributed by atoms with Gasteiger partial charge in [-0.05, 0) is 29.7 Å². The average molecular weight is 451 g/mol. The zero-order chi connectivity index (χ0) is 24.4. The van der Waals surface area contributed by atoms with E-state index in [9.17, 15) is 4.79 Å². The molecule has 0 aliphatic heterocycles. The Labute approximate surface area is 201 Å². The second-order valence-corrected chi connectivity index (χ2v) is 8.65. The van der Waals surface area contributed by atoms with Crippen molar-refractivity contribution in [2.75, 3.05) is 6.61 Å². The topological polar surface area (TPSA) is 35.5 Å². The highest BCUT2D eigenvalue weighted by molar-refractivity contribution is 5.81. The van der Waals surface area contributed by atoms with Crippen molar-refractivity contribution in [1.29, 1.82) is 0 Å². The predicted octanol–water partition coefficient (Wildman–Crippen LogP) is 8.39. The molecule has 0 amide bonds. The minimum absolute atomic E-state index is 0.00598. The molecule has 0 bridgehead atoms. The van der Waals surface area contributed by atoms with E-state index >= 15 is 0 Å². The van der Waals surface area contributed by atoms with Crippen molar-refractivity contribution >= 4 is 5.97 Å². The summed E-state index contributed by atoms with van der Waals surface area (Å²) in [6.45, 7) is 14.1. The van der Waals surface area contributed by atoms with Crippen LogP contribution in [0.15, 0.2) is 80.1 Å². The van der Waals surface area contributed by atoms with Crippen LogP contribution >= 0.6 is 0 Å². The number of esters is 1. The molecule has 0 spiro atoms. The van der Waals surface area contributed by atoms with Crippen LogP contribution in [0.5, 0.6) is 5.75 Å². The molecule has 0 unspecified atom stereocenters. The van der Waals surface area contributed by atoms with Gasteiger partial charge in [-0.2, -0.15) is 0 Å².